The minimum atomic E-state index is -0.971. The Morgan fingerprint density at radius 3 is 2.48 bits per heavy atom. The quantitative estimate of drug-likeness (QED) is 0.405. The van der Waals surface area contributed by atoms with E-state index in [-0.39, 0.29) is 38.7 Å². The van der Waals surface area contributed by atoms with Gasteiger partial charge in [0.15, 0.2) is 0 Å². The molecule has 0 bridgehead atoms. The number of amides is 2. The van der Waals surface area contributed by atoms with Gasteiger partial charge in [0, 0.05) is 20.2 Å². The number of carbonyl (C=O) groups is 3. The van der Waals surface area contributed by atoms with Crippen LogP contribution in [0.1, 0.15) is 16.8 Å². The Bertz CT molecular complexity index is 935. The number of hydrogen-bond acceptors (Lipinski definition) is 7. The molecule has 1 fully saturated rings. The molecule has 176 valence electrons. The van der Waals surface area contributed by atoms with Gasteiger partial charge in [0.2, 0.25) is 5.91 Å². The summed E-state index contributed by atoms with van der Waals surface area (Å²) in [6.45, 7) is 1.44. The Kier molecular flexibility index (Phi) is 9.08. The Hall–Kier alpha value is -3.59. The molecule has 0 aliphatic carbocycles. The van der Waals surface area contributed by atoms with Gasteiger partial charge in [-0.2, -0.15) is 0 Å². The van der Waals surface area contributed by atoms with E-state index in [2.05, 4.69) is 5.32 Å². The second kappa shape index (κ2) is 12.4. The van der Waals surface area contributed by atoms with Crippen LogP contribution in [0.3, 0.4) is 0 Å². The Labute approximate surface area is 192 Å². The number of nitrogens with zero attached hydrogens (tertiary/aromatic N) is 1. The number of piperazine rings is 1. The topological polar surface area (TPSA) is 103 Å². The first-order valence-corrected chi connectivity index (χ1v) is 10.7. The molecular formula is C24H28N2O7. The van der Waals surface area contributed by atoms with Crippen LogP contribution in [0.25, 0.3) is 0 Å². The number of carbonyl (C=O) groups excluding carboxylic acids is 3. The molecule has 1 aliphatic heterocycles. The van der Waals surface area contributed by atoms with Gasteiger partial charge in [-0.3, -0.25) is 14.4 Å². The third-order valence-electron chi connectivity index (χ3n) is 4.97. The monoisotopic (exact) mass is 456 g/mol. The van der Waals surface area contributed by atoms with E-state index in [1.54, 1.807) is 43.5 Å². The lowest BCUT2D eigenvalue weighted by Crippen LogP contribution is -2.57. The minimum Gasteiger partial charge on any atom is -0.490 e. The van der Waals surface area contributed by atoms with Gasteiger partial charge in [-0.15, -0.1) is 0 Å². The van der Waals surface area contributed by atoms with Crippen molar-refractivity contribution in [3.05, 3.63) is 60.2 Å². The van der Waals surface area contributed by atoms with E-state index in [0.717, 1.165) is 0 Å². The molecule has 9 heteroatoms. The van der Waals surface area contributed by atoms with Gasteiger partial charge < -0.3 is 29.2 Å². The first-order chi connectivity index (χ1) is 16.1. The van der Waals surface area contributed by atoms with Crippen molar-refractivity contribution in [2.24, 2.45) is 0 Å². The second-order valence-corrected chi connectivity index (χ2v) is 7.23. The van der Waals surface area contributed by atoms with Gasteiger partial charge >= 0.3 is 5.97 Å². The van der Waals surface area contributed by atoms with E-state index in [1.807, 2.05) is 18.2 Å². The summed E-state index contributed by atoms with van der Waals surface area (Å²) in [6, 6.07) is 15.0. The normalized spacial score (nSPS) is 15.5. The lowest BCUT2D eigenvalue weighted by atomic mass is 10.1. The van der Waals surface area contributed by atoms with Gasteiger partial charge in [-0.25, -0.2) is 0 Å². The van der Waals surface area contributed by atoms with Gasteiger partial charge in [-0.1, -0.05) is 30.3 Å². The SMILES string of the molecule is COCCOc1ccccc1C(=O)N1CCNC(=O)C1CC(=O)OCCOc1ccccc1. The molecule has 1 unspecified atom stereocenters. The number of methoxy groups -OCH3 is 1. The maximum atomic E-state index is 13.3. The average Bonchev–Trinajstić information content (AvgIpc) is 2.84. The highest BCUT2D eigenvalue weighted by Gasteiger charge is 2.36. The van der Waals surface area contributed by atoms with Gasteiger partial charge in [0.25, 0.3) is 5.91 Å². The fourth-order valence-electron chi connectivity index (χ4n) is 3.37. The number of nitrogens with one attached hydrogen (secondary N) is 1. The summed E-state index contributed by atoms with van der Waals surface area (Å²) in [6.07, 6.45) is -0.254. The predicted molar refractivity (Wildman–Crippen MR) is 119 cm³/mol. The number of hydrogen-bond donors (Lipinski definition) is 1. The number of ether oxygens (including phenoxy) is 4. The van der Waals surface area contributed by atoms with E-state index >= 15 is 0 Å². The molecule has 33 heavy (non-hydrogen) atoms. The predicted octanol–water partition coefficient (Wildman–Crippen LogP) is 1.66. The molecule has 1 aliphatic rings. The third kappa shape index (κ3) is 6.95. The lowest BCUT2D eigenvalue weighted by molar-refractivity contribution is -0.148. The second-order valence-electron chi connectivity index (χ2n) is 7.23. The molecule has 1 atom stereocenters. The van der Waals surface area contributed by atoms with Crippen molar-refractivity contribution in [3.63, 3.8) is 0 Å². The van der Waals surface area contributed by atoms with E-state index in [1.165, 1.54) is 4.90 Å². The Morgan fingerprint density at radius 1 is 0.970 bits per heavy atom. The molecule has 9 nitrogen and oxygen atoms in total. The van der Waals surface area contributed by atoms with Crippen molar-refractivity contribution in [2.45, 2.75) is 12.5 Å². The molecule has 0 saturated carbocycles. The lowest BCUT2D eigenvalue weighted by Gasteiger charge is -2.34. The van der Waals surface area contributed by atoms with Crippen LogP contribution in [0.2, 0.25) is 0 Å². The summed E-state index contributed by atoms with van der Waals surface area (Å²) >= 11 is 0. The van der Waals surface area contributed by atoms with Crippen molar-refractivity contribution in [3.8, 4) is 11.5 Å². The highest BCUT2D eigenvalue weighted by Crippen LogP contribution is 2.23. The van der Waals surface area contributed by atoms with Crippen LogP contribution >= 0.6 is 0 Å². The van der Waals surface area contributed by atoms with Crippen LogP contribution < -0.4 is 14.8 Å². The average molecular weight is 456 g/mol. The maximum absolute atomic E-state index is 13.3. The fourth-order valence-corrected chi connectivity index (χ4v) is 3.37. The maximum Gasteiger partial charge on any atom is 0.308 e. The number of rotatable bonds is 11. The molecule has 0 aromatic heterocycles. The minimum absolute atomic E-state index is 0.0339. The standard InChI is InChI=1S/C24H28N2O7/c1-30-13-14-32-21-10-6-5-9-19(21)24(29)26-12-11-25-23(28)20(26)17-22(27)33-16-15-31-18-7-3-2-4-8-18/h2-10,20H,11-17H2,1H3,(H,25,28). The van der Waals surface area contributed by atoms with E-state index in [9.17, 15) is 14.4 Å². The summed E-state index contributed by atoms with van der Waals surface area (Å²) in [5.41, 5.74) is 0.318. The van der Waals surface area contributed by atoms with Gasteiger partial charge in [0.05, 0.1) is 18.6 Å². The fraction of sp³-hybridized carbons (Fsp3) is 0.375. The van der Waals surface area contributed by atoms with E-state index in [4.69, 9.17) is 18.9 Å². The first kappa shape index (κ1) is 24.1. The Morgan fingerprint density at radius 2 is 1.70 bits per heavy atom. The summed E-state index contributed by atoms with van der Waals surface area (Å²) < 4.78 is 21.4. The summed E-state index contributed by atoms with van der Waals surface area (Å²) in [5, 5.41) is 2.71. The smallest absolute Gasteiger partial charge is 0.308 e. The third-order valence-corrected chi connectivity index (χ3v) is 4.97. The highest BCUT2D eigenvalue weighted by atomic mass is 16.6. The number of esters is 1. The molecule has 0 spiro atoms. The summed E-state index contributed by atoms with van der Waals surface area (Å²) in [5.74, 6) is -0.308. The molecule has 2 aromatic carbocycles. The van der Waals surface area contributed by atoms with Crippen LogP contribution in [-0.2, 0) is 19.1 Å². The molecule has 1 saturated heterocycles. The van der Waals surface area contributed by atoms with Crippen LogP contribution in [-0.4, -0.2) is 75.4 Å². The van der Waals surface area contributed by atoms with Crippen LogP contribution in [0.15, 0.2) is 54.6 Å². The van der Waals surface area contributed by atoms with Gasteiger partial charge in [-0.05, 0) is 24.3 Å². The zero-order valence-electron chi connectivity index (χ0n) is 18.5. The molecular weight excluding hydrogens is 428 g/mol. The van der Waals surface area contributed by atoms with Crippen LogP contribution in [0.4, 0.5) is 0 Å². The van der Waals surface area contributed by atoms with E-state index in [0.29, 0.717) is 30.2 Å². The molecule has 3 rings (SSSR count). The summed E-state index contributed by atoms with van der Waals surface area (Å²) in [4.78, 5) is 39.5. The van der Waals surface area contributed by atoms with Crippen molar-refractivity contribution < 1.29 is 33.3 Å². The van der Waals surface area contributed by atoms with Gasteiger partial charge in [0.1, 0.15) is 37.4 Å². The Balaban J connectivity index is 1.59. The van der Waals surface area contributed by atoms with E-state index < -0.39 is 17.9 Å². The molecule has 1 heterocycles. The molecule has 2 amide bonds. The molecule has 2 aromatic rings. The van der Waals surface area contributed by atoms with Crippen molar-refractivity contribution >= 4 is 17.8 Å². The zero-order valence-corrected chi connectivity index (χ0v) is 18.5. The largest absolute Gasteiger partial charge is 0.490 e. The zero-order chi connectivity index (χ0) is 23.5. The highest BCUT2D eigenvalue weighted by molar-refractivity contribution is 6.01. The molecule has 1 N–H and O–H groups in total. The van der Waals surface area contributed by atoms with Crippen molar-refractivity contribution in [2.75, 3.05) is 46.6 Å². The van der Waals surface area contributed by atoms with Crippen molar-refractivity contribution in [1.82, 2.24) is 10.2 Å². The molecule has 0 radical (unpaired) electrons. The number of benzene rings is 2. The summed E-state index contributed by atoms with van der Waals surface area (Å²) in [7, 11) is 1.56. The van der Waals surface area contributed by atoms with Crippen molar-refractivity contribution in [1.29, 1.82) is 0 Å². The first-order valence-electron chi connectivity index (χ1n) is 10.7. The van der Waals surface area contributed by atoms with Crippen LogP contribution in [0.5, 0.6) is 11.5 Å². The van der Waals surface area contributed by atoms with Crippen LogP contribution in [0, 0.1) is 0 Å². The number of para-hydroxylation sites is 2.